The van der Waals surface area contributed by atoms with E-state index in [1.165, 1.54) is 4.88 Å². The largest absolute Gasteiger partial charge is 0.492 e. The molecule has 96 valence electrons. The number of ether oxygens (including phenoxy) is 1. The lowest BCUT2D eigenvalue weighted by Crippen LogP contribution is -2.01. The first-order chi connectivity index (χ1) is 8.69. The number of anilines is 1. The van der Waals surface area contributed by atoms with Crippen molar-refractivity contribution in [3.63, 3.8) is 0 Å². The van der Waals surface area contributed by atoms with Crippen LogP contribution in [0.2, 0.25) is 5.02 Å². The second kappa shape index (κ2) is 6.45. The molecule has 1 N–H and O–H groups in total. The van der Waals surface area contributed by atoms with Gasteiger partial charge < -0.3 is 10.1 Å². The van der Waals surface area contributed by atoms with E-state index in [0.717, 1.165) is 22.5 Å². The molecule has 1 aromatic heterocycles. The maximum absolute atomic E-state index is 6.00. The van der Waals surface area contributed by atoms with Gasteiger partial charge in [-0.3, -0.25) is 0 Å². The normalized spacial score (nSPS) is 10.4. The van der Waals surface area contributed by atoms with E-state index in [1.54, 1.807) is 11.3 Å². The number of thiophene rings is 1. The summed E-state index contributed by atoms with van der Waals surface area (Å²) in [6, 6.07) is 7.70. The van der Waals surface area contributed by atoms with E-state index < -0.39 is 0 Å². The van der Waals surface area contributed by atoms with E-state index >= 15 is 0 Å². The fraction of sp³-hybridized carbons (Fsp3) is 0.231. The van der Waals surface area contributed by atoms with Crippen molar-refractivity contribution >= 4 is 44.6 Å². The highest BCUT2D eigenvalue weighted by molar-refractivity contribution is 9.10. The molecule has 18 heavy (non-hydrogen) atoms. The van der Waals surface area contributed by atoms with Crippen molar-refractivity contribution in [1.29, 1.82) is 0 Å². The number of benzene rings is 1. The molecule has 1 heterocycles. The minimum atomic E-state index is 0.640. The van der Waals surface area contributed by atoms with Crippen LogP contribution in [0.4, 0.5) is 5.69 Å². The summed E-state index contributed by atoms with van der Waals surface area (Å²) in [5.41, 5.74) is 0.925. The summed E-state index contributed by atoms with van der Waals surface area (Å²) < 4.78 is 6.67. The highest BCUT2D eigenvalue weighted by Gasteiger charge is 2.05. The molecule has 2 nitrogen and oxygen atoms in total. The zero-order chi connectivity index (χ0) is 13.0. The van der Waals surface area contributed by atoms with Crippen LogP contribution >= 0.6 is 38.9 Å². The molecule has 0 radical (unpaired) electrons. The number of nitrogens with one attached hydrogen (secondary N) is 1. The Labute approximate surface area is 124 Å². The summed E-state index contributed by atoms with van der Waals surface area (Å²) in [5.74, 6) is 0.831. The lowest BCUT2D eigenvalue weighted by molar-refractivity contribution is 0.341. The van der Waals surface area contributed by atoms with Crippen molar-refractivity contribution in [2.24, 2.45) is 0 Å². The van der Waals surface area contributed by atoms with Gasteiger partial charge in [0.1, 0.15) is 5.75 Å². The lowest BCUT2D eigenvalue weighted by Gasteiger charge is -2.12. The van der Waals surface area contributed by atoms with Crippen LogP contribution in [0.3, 0.4) is 0 Å². The predicted octanol–water partition coefficient (Wildman–Crippen LogP) is 5.17. The van der Waals surface area contributed by atoms with Gasteiger partial charge in [-0.1, -0.05) is 11.6 Å². The van der Waals surface area contributed by atoms with E-state index in [1.807, 2.05) is 25.1 Å². The fourth-order valence-electron chi connectivity index (χ4n) is 1.55. The molecular weight excluding hydrogens is 334 g/mol. The van der Waals surface area contributed by atoms with E-state index in [-0.39, 0.29) is 0 Å². The highest BCUT2D eigenvalue weighted by atomic mass is 79.9. The van der Waals surface area contributed by atoms with Crippen molar-refractivity contribution in [2.45, 2.75) is 13.5 Å². The molecule has 5 heteroatoms. The average Bonchev–Trinajstić information content (AvgIpc) is 2.76. The van der Waals surface area contributed by atoms with Gasteiger partial charge >= 0.3 is 0 Å². The molecule has 0 spiro atoms. The molecule has 0 saturated carbocycles. The molecule has 1 aromatic carbocycles. The minimum absolute atomic E-state index is 0.640. The van der Waals surface area contributed by atoms with E-state index in [0.29, 0.717) is 11.6 Å². The average molecular weight is 347 g/mol. The van der Waals surface area contributed by atoms with Crippen LogP contribution in [-0.2, 0) is 6.54 Å². The first kappa shape index (κ1) is 13.7. The van der Waals surface area contributed by atoms with Gasteiger partial charge in [-0.15, -0.1) is 11.3 Å². The van der Waals surface area contributed by atoms with Gasteiger partial charge in [0.15, 0.2) is 0 Å². The molecule has 0 aliphatic heterocycles. The Balaban J connectivity index is 2.09. The number of hydrogen-bond donors (Lipinski definition) is 1. The van der Waals surface area contributed by atoms with Gasteiger partial charge in [0.2, 0.25) is 0 Å². The van der Waals surface area contributed by atoms with Gasteiger partial charge in [0.25, 0.3) is 0 Å². The summed E-state index contributed by atoms with van der Waals surface area (Å²) in [4.78, 5) is 1.25. The molecule has 0 saturated heterocycles. The van der Waals surface area contributed by atoms with Crippen LogP contribution in [0, 0.1) is 0 Å². The quantitative estimate of drug-likeness (QED) is 0.806. The van der Waals surface area contributed by atoms with Gasteiger partial charge in [-0.25, -0.2) is 0 Å². The third-order valence-corrected chi connectivity index (χ3v) is 4.25. The second-order valence-corrected chi connectivity index (χ2v) is 6.01. The van der Waals surface area contributed by atoms with Gasteiger partial charge in [0, 0.05) is 26.3 Å². The predicted molar refractivity (Wildman–Crippen MR) is 82.0 cm³/mol. The number of halogens is 2. The zero-order valence-electron chi connectivity index (χ0n) is 9.87. The Morgan fingerprint density at radius 2 is 2.22 bits per heavy atom. The standard InChI is InChI=1S/C13H13BrClNOS/c1-2-17-13-4-3-10(15)6-12(13)16-7-11-5-9(14)8-18-11/h3-6,8,16H,2,7H2,1H3. The Morgan fingerprint density at radius 1 is 1.39 bits per heavy atom. The van der Waals surface area contributed by atoms with Crippen LogP contribution in [0.25, 0.3) is 0 Å². The molecule has 0 aliphatic carbocycles. The summed E-state index contributed by atoms with van der Waals surface area (Å²) in [5, 5.41) is 6.12. The molecular formula is C13H13BrClNOS. The fourth-order valence-corrected chi connectivity index (χ4v) is 3.11. The van der Waals surface area contributed by atoms with Crippen molar-refractivity contribution in [2.75, 3.05) is 11.9 Å². The second-order valence-electron chi connectivity index (χ2n) is 3.66. The van der Waals surface area contributed by atoms with Crippen LogP contribution in [0.1, 0.15) is 11.8 Å². The molecule has 2 aromatic rings. The van der Waals surface area contributed by atoms with Crippen molar-refractivity contribution < 1.29 is 4.74 Å². The molecule has 0 aliphatic rings. The third kappa shape index (κ3) is 3.64. The van der Waals surface area contributed by atoms with Gasteiger partial charge in [0.05, 0.1) is 12.3 Å². The van der Waals surface area contributed by atoms with Crippen LogP contribution in [-0.4, -0.2) is 6.61 Å². The molecule has 2 rings (SSSR count). The van der Waals surface area contributed by atoms with Crippen molar-refractivity contribution in [1.82, 2.24) is 0 Å². The van der Waals surface area contributed by atoms with Crippen LogP contribution in [0.15, 0.2) is 34.1 Å². The molecule has 0 amide bonds. The van der Waals surface area contributed by atoms with E-state index in [2.05, 4.69) is 32.7 Å². The first-order valence-electron chi connectivity index (χ1n) is 5.58. The van der Waals surface area contributed by atoms with Crippen LogP contribution < -0.4 is 10.1 Å². The van der Waals surface area contributed by atoms with Crippen molar-refractivity contribution in [3.05, 3.63) is 44.0 Å². The van der Waals surface area contributed by atoms with E-state index in [9.17, 15) is 0 Å². The van der Waals surface area contributed by atoms with Crippen molar-refractivity contribution in [3.8, 4) is 5.75 Å². The third-order valence-electron chi connectivity index (χ3n) is 2.32. The topological polar surface area (TPSA) is 21.3 Å². The van der Waals surface area contributed by atoms with E-state index in [4.69, 9.17) is 16.3 Å². The maximum atomic E-state index is 6.00. The Bertz CT molecular complexity index is 529. The lowest BCUT2D eigenvalue weighted by atomic mass is 10.3. The molecule has 0 fully saturated rings. The number of hydrogen-bond acceptors (Lipinski definition) is 3. The van der Waals surface area contributed by atoms with Gasteiger partial charge in [-0.2, -0.15) is 0 Å². The van der Waals surface area contributed by atoms with Gasteiger partial charge in [-0.05, 0) is 47.1 Å². The monoisotopic (exact) mass is 345 g/mol. The summed E-state index contributed by atoms with van der Waals surface area (Å²) in [7, 11) is 0. The number of rotatable bonds is 5. The molecule has 0 atom stereocenters. The summed E-state index contributed by atoms with van der Waals surface area (Å²) in [6.45, 7) is 3.37. The molecule has 0 bridgehead atoms. The Morgan fingerprint density at radius 3 is 2.89 bits per heavy atom. The minimum Gasteiger partial charge on any atom is -0.492 e. The zero-order valence-corrected chi connectivity index (χ0v) is 13.0. The summed E-state index contributed by atoms with van der Waals surface area (Å²) >= 11 is 11.2. The Hall–Kier alpha value is -0.710. The Kier molecular flexibility index (Phi) is 4.92. The first-order valence-corrected chi connectivity index (χ1v) is 7.63. The maximum Gasteiger partial charge on any atom is 0.142 e. The summed E-state index contributed by atoms with van der Waals surface area (Å²) in [6.07, 6.45) is 0. The highest BCUT2D eigenvalue weighted by Crippen LogP contribution is 2.29. The van der Waals surface area contributed by atoms with Crippen LogP contribution in [0.5, 0.6) is 5.75 Å². The smallest absolute Gasteiger partial charge is 0.142 e. The molecule has 0 unspecified atom stereocenters. The SMILES string of the molecule is CCOc1ccc(Cl)cc1NCc1cc(Br)cs1.